The zero-order chi connectivity index (χ0) is 4.12. The molecule has 0 heterocycles. The molecule has 0 aromatic carbocycles. The van der Waals surface area contributed by atoms with Crippen LogP contribution in [0.15, 0.2) is 12.2 Å². The number of allylic oxidation sites excluding steroid dienone is 2. The number of carbonyl (C=O) groups excluding carboxylic acids is 1. The highest BCUT2D eigenvalue weighted by molar-refractivity contribution is 5.64. The molecule has 0 amide bonds. The molecule has 0 bridgehead atoms. The van der Waals surface area contributed by atoms with Crippen molar-refractivity contribution in [3.63, 3.8) is 0 Å². The molecule has 0 aromatic rings. The molecular formula is C4H6O. The average molecular weight is 70.1 g/mol. The number of hydrogen-bond acceptors (Lipinski definition) is 1. The monoisotopic (exact) mass is 70.0 g/mol. The molecule has 0 spiro atoms. The van der Waals surface area contributed by atoms with Crippen LogP contribution in [0.3, 0.4) is 0 Å². The highest BCUT2D eigenvalue weighted by Crippen LogP contribution is 1.55. The predicted octanol–water partition coefficient (Wildman–Crippen LogP) is 0.761. The van der Waals surface area contributed by atoms with Crippen molar-refractivity contribution < 1.29 is 4.79 Å². The summed E-state index contributed by atoms with van der Waals surface area (Å²) in [6.07, 6.45) is 3.88. The molecule has 1 heteroatoms. The molecule has 0 rings (SSSR count). The van der Waals surface area contributed by atoms with E-state index in [1.165, 1.54) is 6.08 Å². The van der Waals surface area contributed by atoms with Crippen LogP contribution in [0, 0.1) is 0 Å². The molecule has 0 N–H and O–H groups in total. The van der Waals surface area contributed by atoms with E-state index in [4.69, 9.17) is 0 Å². The van der Waals surface area contributed by atoms with Crippen molar-refractivity contribution in [2.75, 3.05) is 0 Å². The third kappa shape index (κ3) is 3.41. The number of hydrogen-bond donors (Lipinski definition) is 0. The zero-order valence-corrected chi connectivity index (χ0v) is 3.14. The van der Waals surface area contributed by atoms with E-state index in [1.54, 1.807) is 13.0 Å². The quantitative estimate of drug-likeness (QED) is 0.329. The summed E-state index contributed by atoms with van der Waals surface area (Å²) in [4.78, 5) is 9.32. The van der Waals surface area contributed by atoms with Gasteiger partial charge in [-0.25, -0.2) is 0 Å². The van der Waals surface area contributed by atoms with Gasteiger partial charge in [-0.2, -0.15) is 0 Å². The Morgan fingerprint density at radius 1 is 1.60 bits per heavy atom. The molecule has 0 aromatic heterocycles. The molecule has 0 saturated carbocycles. The molecule has 0 aliphatic rings. The van der Waals surface area contributed by atoms with Crippen LogP contribution in [0.4, 0.5) is 0 Å². The SMILES string of the molecule is C/C=C\C=O. The third-order valence-corrected chi connectivity index (χ3v) is 0.271. The maximum atomic E-state index is 9.32. The second-order valence-electron chi connectivity index (χ2n) is 0.662. The first-order valence-corrected chi connectivity index (χ1v) is 1.48. The van der Waals surface area contributed by atoms with Gasteiger partial charge in [-0.15, -0.1) is 0 Å². The highest BCUT2D eigenvalue weighted by Gasteiger charge is 1.48. The van der Waals surface area contributed by atoms with Crippen molar-refractivity contribution in [1.29, 1.82) is 0 Å². The summed E-state index contributed by atoms with van der Waals surface area (Å²) >= 11 is 0. The lowest BCUT2D eigenvalue weighted by atomic mass is 10.6. The van der Waals surface area contributed by atoms with E-state index in [9.17, 15) is 4.79 Å². The molecule has 0 aliphatic heterocycles. The maximum absolute atomic E-state index is 9.32. The van der Waals surface area contributed by atoms with Crippen LogP contribution in [-0.4, -0.2) is 6.29 Å². The Morgan fingerprint density at radius 2 is 2.20 bits per heavy atom. The number of carbonyl (C=O) groups is 1. The van der Waals surface area contributed by atoms with E-state index in [0.29, 0.717) is 0 Å². The highest BCUT2D eigenvalue weighted by atomic mass is 16.1. The fraction of sp³-hybridized carbons (Fsp3) is 0.250. The van der Waals surface area contributed by atoms with Crippen LogP contribution in [0.1, 0.15) is 6.92 Å². The maximum Gasteiger partial charge on any atom is 0.142 e. The smallest absolute Gasteiger partial charge is 0.142 e. The lowest BCUT2D eigenvalue weighted by molar-refractivity contribution is -0.104. The first-order valence-electron chi connectivity index (χ1n) is 1.48. The topological polar surface area (TPSA) is 17.1 Å². The summed E-state index contributed by atoms with van der Waals surface area (Å²) in [7, 11) is 0. The standard InChI is InChI=1S/C4H6O/c1-2-3-4-5/h2-4H,1H3/b3-2-. The third-order valence-electron chi connectivity index (χ3n) is 0.271. The summed E-state index contributed by atoms with van der Waals surface area (Å²) in [6, 6.07) is 0. The van der Waals surface area contributed by atoms with Crippen molar-refractivity contribution in [3.05, 3.63) is 12.2 Å². The van der Waals surface area contributed by atoms with Crippen molar-refractivity contribution in [2.24, 2.45) is 0 Å². The Balaban J connectivity index is 2.92. The number of aldehydes is 1. The molecule has 0 saturated heterocycles. The Morgan fingerprint density at radius 3 is 2.20 bits per heavy atom. The molecule has 0 unspecified atom stereocenters. The minimum absolute atomic E-state index is 0.750. The van der Waals surface area contributed by atoms with Gasteiger partial charge in [0.15, 0.2) is 0 Å². The molecule has 28 valence electrons. The van der Waals surface area contributed by atoms with Crippen LogP contribution in [-0.2, 0) is 4.79 Å². The fourth-order valence-electron chi connectivity index (χ4n) is 0.0786. The molecule has 1 nitrogen and oxygen atoms in total. The summed E-state index contributed by atoms with van der Waals surface area (Å²) in [6.45, 7) is 1.80. The summed E-state index contributed by atoms with van der Waals surface area (Å²) in [5.41, 5.74) is 0. The lowest BCUT2D eigenvalue weighted by Gasteiger charge is -1.51. The molecule has 0 aliphatic carbocycles. The van der Waals surface area contributed by atoms with Crippen molar-refractivity contribution in [3.8, 4) is 0 Å². The van der Waals surface area contributed by atoms with Crippen LogP contribution >= 0.6 is 0 Å². The van der Waals surface area contributed by atoms with E-state index in [2.05, 4.69) is 0 Å². The van der Waals surface area contributed by atoms with Crippen LogP contribution in [0.2, 0.25) is 0 Å². The first kappa shape index (κ1) is 4.41. The molecule has 0 fully saturated rings. The predicted molar refractivity (Wildman–Crippen MR) is 20.9 cm³/mol. The summed E-state index contributed by atoms with van der Waals surface area (Å²) in [5.74, 6) is 0. The van der Waals surface area contributed by atoms with Crippen LogP contribution < -0.4 is 0 Å². The summed E-state index contributed by atoms with van der Waals surface area (Å²) in [5, 5.41) is 0. The van der Waals surface area contributed by atoms with Gasteiger partial charge in [0.25, 0.3) is 0 Å². The van der Waals surface area contributed by atoms with Gasteiger partial charge in [0.1, 0.15) is 6.29 Å². The van der Waals surface area contributed by atoms with E-state index < -0.39 is 0 Å². The fourth-order valence-corrected chi connectivity index (χ4v) is 0.0786. The van der Waals surface area contributed by atoms with Gasteiger partial charge < -0.3 is 0 Å². The Hall–Kier alpha value is -0.590. The van der Waals surface area contributed by atoms with Crippen LogP contribution in [0.5, 0.6) is 0 Å². The minimum atomic E-state index is 0.750. The van der Waals surface area contributed by atoms with E-state index in [1.807, 2.05) is 0 Å². The molecule has 0 atom stereocenters. The first-order chi connectivity index (χ1) is 2.41. The Kier molecular flexibility index (Phi) is 3.01. The minimum Gasteiger partial charge on any atom is -0.299 e. The van der Waals surface area contributed by atoms with Gasteiger partial charge >= 0.3 is 0 Å². The van der Waals surface area contributed by atoms with Crippen molar-refractivity contribution in [1.82, 2.24) is 0 Å². The van der Waals surface area contributed by atoms with Gasteiger partial charge in [-0.05, 0) is 13.0 Å². The van der Waals surface area contributed by atoms with E-state index in [-0.39, 0.29) is 0 Å². The van der Waals surface area contributed by atoms with Gasteiger partial charge in [0, 0.05) is 0 Å². The molecular weight excluding hydrogens is 64.0 g/mol. The van der Waals surface area contributed by atoms with Gasteiger partial charge in [-0.1, -0.05) is 6.08 Å². The largest absolute Gasteiger partial charge is 0.299 e. The second kappa shape index (κ2) is 3.41. The number of rotatable bonds is 1. The molecule has 5 heavy (non-hydrogen) atoms. The van der Waals surface area contributed by atoms with E-state index >= 15 is 0 Å². The average Bonchev–Trinajstić information content (AvgIpc) is 1.41. The molecule has 0 radical (unpaired) electrons. The lowest BCUT2D eigenvalue weighted by Crippen LogP contribution is -1.50. The Labute approximate surface area is 31.3 Å². The summed E-state index contributed by atoms with van der Waals surface area (Å²) < 4.78 is 0. The van der Waals surface area contributed by atoms with Gasteiger partial charge in [0.05, 0.1) is 0 Å². The van der Waals surface area contributed by atoms with Crippen LogP contribution in [0.25, 0.3) is 0 Å². The van der Waals surface area contributed by atoms with Crippen molar-refractivity contribution in [2.45, 2.75) is 6.92 Å². The van der Waals surface area contributed by atoms with Gasteiger partial charge in [-0.3, -0.25) is 4.79 Å². The second-order valence-corrected chi connectivity index (χ2v) is 0.662. The Bertz CT molecular complexity index is 45.6. The zero-order valence-electron chi connectivity index (χ0n) is 3.14. The van der Waals surface area contributed by atoms with Gasteiger partial charge in [0.2, 0.25) is 0 Å². The normalized spacial score (nSPS) is 9.00. The van der Waals surface area contributed by atoms with E-state index in [0.717, 1.165) is 6.29 Å². The van der Waals surface area contributed by atoms with Crippen molar-refractivity contribution >= 4 is 6.29 Å².